The molecule has 2 aromatic rings. The second-order valence-corrected chi connectivity index (χ2v) is 8.94. The molecular weight excluding hydrogens is 418 g/mol. The van der Waals surface area contributed by atoms with Gasteiger partial charge in [0.2, 0.25) is 12.7 Å². The Hall–Kier alpha value is -2.52. The van der Waals surface area contributed by atoms with Crippen molar-refractivity contribution in [2.75, 3.05) is 19.2 Å². The van der Waals surface area contributed by atoms with Crippen LogP contribution in [0.4, 0.5) is 0 Å². The van der Waals surface area contributed by atoms with E-state index in [0.717, 1.165) is 61.3 Å². The molecule has 3 aliphatic rings. The molecule has 1 atom stereocenters. The predicted molar refractivity (Wildman–Crippen MR) is 115 cm³/mol. The summed E-state index contributed by atoms with van der Waals surface area (Å²) in [6, 6.07) is 5.62. The molecule has 31 heavy (non-hydrogen) atoms. The molecule has 0 radical (unpaired) electrons. The third-order valence-corrected chi connectivity index (χ3v) is 6.90. The van der Waals surface area contributed by atoms with E-state index in [4.69, 9.17) is 14.2 Å². The Morgan fingerprint density at radius 3 is 3.00 bits per heavy atom. The van der Waals surface area contributed by atoms with E-state index in [-0.39, 0.29) is 30.2 Å². The molecule has 1 aliphatic carbocycles. The Morgan fingerprint density at radius 2 is 2.13 bits per heavy atom. The highest BCUT2D eigenvalue weighted by Gasteiger charge is 2.25. The molecule has 8 nitrogen and oxygen atoms in total. The largest absolute Gasteiger partial charge is 0.454 e. The molecule has 1 aromatic carbocycles. The minimum atomic E-state index is -0.237. The molecule has 2 aliphatic heterocycles. The third kappa shape index (κ3) is 4.43. The monoisotopic (exact) mass is 443 g/mol. The SMILES string of the molecule is O=C(CSc1nc(=O)n(C[C@@H]2CCCO2)c2c1CCC2)NCc1ccc2c(c1)OCO2. The van der Waals surface area contributed by atoms with Crippen LogP contribution in [0.3, 0.4) is 0 Å². The lowest BCUT2D eigenvalue weighted by Gasteiger charge is -2.17. The van der Waals surface area contributed by atoms with Crippen LogP contribution in [0.2, 0.25) is 0 Å². The Bertz CT molecular complexity index is 1050. The third-order valence-electron chi connectivity index (χ3n) is 5.88. The second-order valence-electron chi connectivity index (χ2n) is 7.98. The molecule has 0 bridgehead atoms. The molecule has 0 spiro atoms. The van der Waals surface area contributed by atoms with Gasteiger partial charge in [-0.15, -0.1) is 0 Å². The molecule has 5 rings (SSSR count). The topological polar surface area (TPSA) is 91.7 Å². The number of hydrogen-bond acceptors (Lipinski definition) is 7. The maximum absolute atomic E-state index is 12.7. The van der Waals surface area contributed by atoms with Crippen LogP contribution in [0.5, 0.6) is 11.5 Å². The number of nitrogens with one attached hydrogen (secondary N) is 1. The lowest BCUT2D eigenvalue weighted by atomic mass is 10.2. The lowest BCUT2D eigenvalue weighted by Crippen LogP contribution is -2.32. The van der Waals surface area contributed by atoms with Crippen LogP contribution < -0.4 is 20.5 Å². The number of aromatic nitrogens is 2. The van der Waals surface area contributed by atoms with Crippen LogP contribution >= 0.6 is 11.8 Å². The van der Waals surface area contributed by atoms with Gasteiger partial charge in [0.25, 0.3) is 0 Å². The van der Waals surface area contributed by atoms with E-state index < -0.39 is 0 Å². The van der Waals surface area contributed by atoms with E-state index in [9.17, 15) is 9.59 Å². The first-order chi connectivity index (χ1) is 15.2. The molecule has 1 N–H and O–H groups in total. The zero-order chi connectivity index (χ0) is 21.2. The van der Waals surface area contributed by atoms with Gasteiger partial charge in [-0.1, -0.05) is 17.8 Å². The average Bonchev–Trinajstić information content (AvgIpc) is 3.53. The van der Waals surface area contributed by atoms with Crippen molar-refractivity contribution in [3.8, 4) is 11.5 Å². The number of hydrogen-bond donors (Lipinski definition) is 1. The van der Waals surface area contributed by atoms with Gasteiger partial charge in [0.15, 0.2) is 11.5 Å². The molecule has 1 fully saturated rings. The first-order valence-electron chi connectivity index (χ1n) is 10.7. The number of benzene rings is 1. The highest BCUT2D eigenvalue weighted by molar-refractivity contribution is 7.99. The number of fused-ring (bicyclic) bond motifs is 2. The molecule has 0 saturated carbocycles. The van der Waals surface area contributed by atoms with E-state index in [2.05, 4.69) is 10.3 Å². The number of carbonyl (C=O) groups excluding carboxylic acids is 1. The Morgan fingerprint density at radius 1 is 1.23 bits per heavy atom. The molecule has 1 saturated heterocycles. The van der Waals surface area contributed by atoms with Gasteiger partial charge >= 0.3 is 5.69 Å². The highest BCUT2D eigenvalue weighted by atomic mass is 32.2. The van der Waals surface area contributed by atoms with Crippen molar-refractivity contribution in [1.29, 1.82) is 0 Å². The summed E-state index contributed by atoms with van der Waals surface area (Å²) in [6.07, 6.45) is 4.92. The summed E-state index contributed by atoms with van der Waals surface area (Å²) in [5.41, 5.74) is 2.89. The fourth-order valence-electron chi connectivity index (χ4n) is 4.32. The zero-order valence-electron chi connectivity index (χ0n) is 17.2. The van der Waals surface area contributed by atoms with Crippen LogP contribution in [0.15, 0.2) is 28.0 Å². The minimum Gasteiger partial charge on any atom is -0.454 e. The lowest BCUT2D eigenvalue weighted by molar-refractivity contribution is -0.118. The van der Waals surface area contributed by atoms with Gasteiger partial charge in [-0.25, -0.2) is 4.79 Å². The van der Waals surface area contributed by atoms with E-state index in [1.54, 1.807) is 4.57 Å². The standard InChI is InChI=1S/C22H25N3O5S/c26-20(23-10-14-6-7-18-19(9-14)30-13-29-18)12-31-21-16-4-1-5-17(16)25(22(27)24-21)11-15-3-2-8-28-15/h6-7,9,15H,1-5,8,10-13H2,(H,23,26)/t15-/m0/s1. The number of nitrogens with zero attached hydrogens (tertiary/aromatic N) is 2. The molecular formula is C22H25N3O5S. The van der Waals surface area contributed by atoms with Crippen molar-refractivity contribution in [3.05, 3.63) is 45.5 Å². The highest BCUT2D eigenvalue weighted by Crippen LogP contribution is 2.32. The van der Waals surface area contributed by atoms with E-state index in [1.165, 1.54) is 11.8 Å². The van der Waals surface area contributed by atoms with Gasteiger partial charge < -0.3 is 19.5 Å². The van der Waals surface area contributed by atoms with Gasteiger partial charge in [0, 0.05) is 24.4 Å². The number of rotatable bonds is 7. The Balaban J connectivity index is 1.21. The maximum Gasteiger partial charge on any atom is 0.348 e. The van der Waals surface area contributed by atoms with E-state index in [1.807, 2.05) is 18.2 Å². The van der Waals surface area contributed by atoms with Gasteiger partial charge in [-0.05, 0) is 49.8 Å². The quantitative estimate of drug-likeness (QED) is 0.517. The predicted octanol–water partition coefficient (Wildman–Crippen LogP) is 2.05. The first-order valence-corrected chi connectivity index (χ1v) is 11.7. The van der Waals surface area contributed by atoms with Crippen molar-refractivity contribution in [2.24, 2.45) is 0 Å². The Kier molecular flexibility index (Phi) is 5.87. The second kappa shape index (κ2) is 8.92. The van der Waals surface area contributed by atoms with Crippen molar-refractivity contribution >= 4 is 17.7 Å². The summed E-state index contributed by atoms with van der Waals surface area (Å²) in [6.45, 7) is 1.98. The molecule has 1 aromatic heterocycles. The molecule has 164 valence electrons. The van der Waals surface area contributed by atoms with Crippen molar-refractivity contribution < 1.29 is 19.0 Å². The van der Waals surface area contributed by atoms with Gasteiger partial charge in [0.05, 0.1) is 18.4 Å². The summed E-state index contributed by atoms with van der Waals surface area (Å²) in [5, 5.41) is 3.61. The number of thioether (sulfide) groups is 1. The average molecular weight is 444 g/mol. The van der Waals surface area contributed by atoms with Crippen molar-refractivity contribution in [3.63, 3.8) is 0 Å². The van der Waals surface area contributed by atoms with Gasteiger partial charge in [-0.3, -0.25) is 9.36 Å². The molecule has 1 amide bonds. The molecule has 9 heteroatoms. The summed E-state index contributed by atoms with van der Waals surface area (Å²) >= 11 is 1.34. The Labute approximate surface area is 184 Å². The fraction of sp³-hybridized carbons (Fsp3) is 0.500. The van der Waals surface area contributed by atoms with Crippen molar-refractivity contribution in [2.45, 2.75) is 56.3 Å². The van der Waals surface area contributed by atoms with Gasteiger partial charge in [0.1, 0.15) is 5.03 Å². The minimum absolute atomic E-state index is 0.0975. The molecule has 0 unspecified atom stereocenters. The van der Waals surface area contributed by atoms with Crippen LogP contribution in [-0.4, -0.2) is 40.7 Å². The molecule has 3 heterocycles. The summed E-state index contributed by atoms with van der Waals surface area (Å²) < 4.78 is 18.2. The normalized spacial score (nSPS) is 18.9. The number of ether oxygens (including phenoxy) is 3. The van der Waals surface area contributed by atoms with E-state index >= 15 is 0 Å². The maximum atomic E-state index is 12.7. The van der Waals surface area contributed by atoms with E-state index in [0.29, 0.717) is 23.9 Å². The van der Waals surface area contributed by atoms with Crippen LogP contribution in [0.25, 0.3) is 0 Å². The van der Waals surface area contributed by atoms with Crippen LogP contribution in [-0.2, 0) is 35.5 Å². The number of carbonyl (C=O) groups is 1. The summed E-state index contributed by atoms with van der Waals surface area (Å²) in [7, 11) is 0. The van der Waals surface area contributed by atoms with Crippen molar-refractivity contribution in [1.82, 2.24) is 14.9 Å². The number of amides is 1. The fourth-order valence-corrected chi connectivity index (χ4v) is 5.23. The van der Waals surface area contributed by atoms with Crippen LogP contribution in [0, 0.1) is 0 Å². The summed E-state index contributed by atoms with van der Waals surface area (Å²) in [5.74, 6) is 1.54. The first kappa shape index (κ1) is 20.4. The summed E-state index contributed by atoms with van der Waals surface area (Å²) in [4.78, 5) is 29.4. The van der Waals surface area contributed by atoms with Gasteiger partial charge in [-0.2, -0.15) is 4.98 Å². The van der Waals surface area contributed by atoms with Crippen LogP contribution in [0.1, 0.15) is 36.1 Å². The zero-order valence-corrected chi connectivity index (χ0v) is 18.0. The smallest absolute Gasteiger partial charge is 0.348 e.